The summed E-state index contributed by atoms with van der Waals surface area (Å²) in [6.45, 7) is 1.85. The molecule has 2 aromatic rings. The second-order valence-electron chi connectivity index (χ2n) is 3.43. The normalized spacial score (nSPS) is 12.9. The second kappa shape index (κ2) is 3.73. The average Bonchev–Trinajstić information content (AvgIpc) is 2.61. The maximum atomic E-state index is 11.0. The Morgan fingerprint density at radius 3 is 3.00 bits per heavy atom. The Labute approximate surface area is 87.2 Å². The predicted octanol–water partition coefficient (Wildman–Crippen LogP) is 1.91. The van der Waals surface area contributed by atoms with Crippen molar-refractivity contribution in [3.63, 3.8) is 0 Å². The monoisotopic (exact) mass is 204 g/mol. The SMILES string of the molecule is CC[C@@H](C(=O)O)c1cn2ccccc2n1. The zero-order valence-corrected chi connectivity index (χ0v) is 8.42. The van der Waals surface area contributed by atoms with Gasteiger partial charge in [0.2, 0.25) is 0 Å². The number of hydrogen-bond acceptors (Lipinski definition) is 2. The molecule has 1 N–H and O–H groups in total. The summed E-state index contributed by atoms with van der Waals surface area (Å²) < 4.78 is 1.83. The molecule has 0 aliphatic heterocycles. The van der Waals surface area contributed by atoms with Gasteiger partial charge in [0.05, 0.1) is 5.69 Å². The van der Waals surface area contributed by atoms with Crippen molar-refractivity contribution in [3.05, 3.63) is 36.3 Å². The van der Waals surface area contributed by atoms with E-state index in [0.717, 1.165) is 5.65 Å². The molecule has 0 unspecified atom stereocenters. The Hall–Kier alpha value is -1.84. The van der Waals surface area contributed by atoms with Crippen LogP contribution in [0.1, 0.15) is 25.0 Å². The second-order valence-corrected chi connectivity index (χ2v) is 3.43. The quantitative estimate of drug-likeness (QED) is 0.830. The number of carbonyl (C=O) groups is 1. The molecule has 4 nitrogen and oxygen atoms in total. The smallest absolute Gasteiger partial charge is 0.312 e. The van der Waals surface area contributed by atoms with Crippen LogP contribution in [0.3, 0.4) is 0 Å². The third-order valence-corrected chi connectivity index (χ3v) is 2.45. The molecule has 0 bridgehead atoms. The molecular weight excluding hydrogens is 192 g/mol. The van der Waals surface area contributed by atoms with Crippen LogP contribution in [0.2, 0.25) is 0 Å². The van der Waals surface area contributed by atoms with Crippen LogP contribution in [-0.2, 0) is 4.79 Å². The van der Waals surface area contributed by atoms with Crippen molar-refractivity contribution in [2.45, 2.75) is 19.3 Å². The molecule has 0 aliphatic carbocycles. The van der Waals surface area contributed by atoms with Crippen molar-refractivity contribution in [3.8, 4) is 0 Å². The Morgan fingerprint density at radius 2 is 2.40 bits per heavy atom. The van der Waals surface area contributed by atoms with Gasteiger partial charge >= 0.3 is 5.97 Å². The third-order valence-electron chi connectivity index (χ3n) is 2.45. The minimum Gasteiger partial charge on any atom is -0.481 e. The number of fused-ring (bicyclic) bond motifs is 1. The Bertz CT molecular complexity index is 457. The summed E-state index contributed by atoms with van der Waals surface area (Å²) in [5.41, 5.74) is 1.41. The predicted molar refractivity (Wildman–Crippen MR) is 55.9 cm³/mol. The van der Waals surface area contributed by atoms with Crippen LogP contribution in [0, 0.1) is 0 Å². The van der Waals surface area contributed by atoms with Gasteiger partial charge in [0.1, 0.15) is 11.6 Å². The highest BCUT2D eigenvalue weighted by atomic mass is 16.4. The highest BCUT2D eigenvalue weighted by Crippen LogP contribution is 2.19. The van der Waals surface area contributed by atoms with E-state index in [0.29, 0.717) is 12.1 Å². The maximum absolute atomic E-state index is 11.0. The zero-order valence-electron chi connectivity index (χ0n) is 8.42. The first-order valence-corrected chi connectivity index (χ1v) is 4.89. The van der Waals surface area contributed by atoms with Crippen molar-refractivity contribution < 1.29 is 9.90 Å². The standard InChI is InChI=1S/C11H12N2O2/c1-2-8(11(14)15)9-7-13-6-4-3-5-10(13)12-9/h3-8H,2H2,1H3,(H,14,15)/t8-/m1/s1. The van der Waals surface area contributed by atoms with Crippen LogP contribution in [0.4, 0.5) is 0 Å². The van der Waals surface area contributed by atoms with Gasteiger partial charge < -0.3 is 9.51 Å². The number of aliphatic carboxylic acids is 1. The summed E-state index contributed by atoms with van der Waals surface area (Å²) in [6, 6.07) is 5.63. The Morgan fingerprint density at radius 1 is 1.60 bits per heavy atom. The fourth-order valence-corrected chi connectivity index (χ4v) is 1.63. The van der Waals surface area contributed by atoms with E-state index in [2.05, 4.69) is 4.98 Å². The topological polar surface area (TPSA) is 54.6 Å². The van der Waals surface area contributed by atoms with E-state index >= 15 is 0 Å². The fraction of sp³-hybridized carbons (Fsp3) is 0.273. The molecule has 2 rings (SSSR count). The van der Waals surface area contributed by atoms with Crippen molar-refractivity contribution in [1.29, 1.82) is 0 Å². The van der Waals surface area contributed by atoms with Crippen LogP contribution in [-0.4, -0.2) is 20.5 Å². The molecule has 0 amide bonds. The molecule has 1 atom stereocenters. The number of nitrogens with zero attached hydrogens (tertiary/aromatic N) is 2. The molecule has 0 radical (unpaired) electrons. The van der Waals surface area contributed by atoms with Gasteiger partial charge in [-0.05, 0) is 18.6 Å². The molecule has 0 fully saturated rings. The van der Waals surface area contributed by atoms with E-state index in [4.69, 9.17) is 5.11 Å². The highest BCUT2D eigenvalue weighted by Gasteiger charge is 2.20. The number of aromatic nitrogens is 2. The van der Waals surface area contributed by atoms with Crippen LogP contribution in [0.15, 0.2) is 30.6 Å². The summed E-state index contributed by atoms with van der Waals surface area (Å²) in [6.07, 6.45) is 4.19. The maximum Gasteiger partial charge on any atom is 0.312 e. The van der Waals surface area contributed by atoms with Crippen molar-refractivity contribution >= 4 is 11.6 Å². The molecule has 2 aromatic heterocycles. The molecule has 0 aliphatic rings. The summed E-state index contributed by atoms with van der Waals surface area (Å²) in [5, 5.41) is 9.00. The number of carboxylic acid groups (broad SMARTS) is 1. The van der Waals surface area contributed by atoms with Gasteiger partial charge in [-0.2, -0.15) is 0 Å². The van der Waals surface area contributed by atoms with E-state index in [-0.39, 0.29) is 0 Å². The van der Waals surface area contributed by atoms with E-state index < -0.39 is 11.9 Å². The summed E-state index contributed by atoms with van der Waals surface area (Å²) in [5.74, 6) is -1.33. The highest BCUT2D eigenvalue weighted by molar-refractivity contribution is 5.75. The van der Waals surface area contributed by atoms with Crippen LogP contribution < -0.4 is 0 Å². The van der Waals surface area contributed by atoms with Crippen LogP contribution in [0.5, 0.6) is 0 Å². The molecule has 2 heterocycles. The molecule has 0 aromatic carbocycles. The lowest BCUT2D eigenvalue weighted by atomic mass is 10.0. The molecular formula is C11H12N2O2. The number of carboxylic acids is 1. The van der Waals surface area contributed by atoms with Gasteiger partial charge in [0, 0.05) is 12.4 Å². The minimum atomic E-state index is -0.819. The molecule has 0 spiro atoms. The first-order chi connectivity index (χ1) is 7.22. The lowest BCUT2D eigenvalue weighted by Crippen LogP contribution is -2.10. The summed E-state index contributed by atoms with van der Waals surface area (Å²) in [4.78, 5) is 15.2. The van der Waals surface area contributed by atoms with E-state index in [1.54, 1.807) is 6.20 Å². The zero-order chi connectivity index (χ0) is 10.8. The number of imidazole rings is 1. The van der Waals surface area contributed by atoms with Gasteiger partial charge in [0.25, 0.3) is 0 Å². The Balaban J connectivity index is 2.47. The lowest BCUT2D eigenvalue weighted by molar-refractivity contribution is -0.138. The molecule has 78 valence electrons. The Kier molecular flexibility index (Phi) is 2.41. The van der Waals surface area contributed by atoms with Gasteiger partial charge in [-0.3, -0.25) is 4.79 Å². The molecule has 0 saturated heterocycles. The minimum absolute atomic E-state index is 0.509. The summed E-state index contributed by atoms with van der Waals surface area (Å²) >= 11 is 0. The van der Waals surface area contributed by atoms with Crippen LogP contribution >= 0.6 is 0 Å². The van der Waals surface area contributed by atoms with E-state index in [1.165, 1.54) is 0 Å². The largest absolute Gasteiger partial charge is 0.481 e. The number of hydrogen-bond donors (Lipinski definition) is 1. The van der Waals surface area contributed by atoms with Crippen molar-refractivity contribution in [2.75, 3.05) is 0 Å². The average molecular weight is 204 g/mol. The first-order valence-electron chi connectivity index (χ1n) is 4.89. The molecule has 4 heteroatoms. The van der Waals surface area contributed by atoms with Crippen molar-refractivity contribution in [2.24, 2.45) is 0 Å². The van der Waals surface area contributed by atoms with Crippen LogP contribution in [0.25, 0.3) is 5.65 Å². The van der Waals surface area contributed by atoms with E-state index in [9.17, 15) is 4.79 Å². The van der Waals surface area contributed by atoms with Gasteiger partial charge in [0.15, 0.2) is 0 Å². The first kappa shape index (κ1) is 9.71. The fourth-order valence-electron chi connectivity index (χ4n) is 1.63. The van der Waals surface area contributed by atoms with E-state index in [1.807, 2.05) is 35.7 Å². The molecule has 0 saturated carbocycles. The number of pyridine rings is 1. The summed E-state index contributed by atoms with van der Waals surface area (Å²) in [7, 11) is 0. The molecule has 15 heavy (non-hydrogen) atoms. The van der Waals surface area contributed by atoms with Gasteiger partial charge in [-0.1, -0.05) is 13.0 Å². The van der Waals surface area contributed by atoms with Gasteiger partial charge in [-0.25, -0.2) is 4.98 Å². The van der Waals surface area contributed by atoms with Crippen molar-refractivity contribution in [1.82, 2.24) is 9.38 Å². The lowest BCUT2D eigenvalue weighted by Gasteiger charge is -2.04. The van der Waals surface area contributed by atoms with Gasteiger partial charge in [-0.15, -0.1) is 0 Å². The number of rotatable bonds is 3. The third kappa shape index (κ3) is 1.70.